The van der Waals surface area contributed by atoms with E-state index in [0.29, 0.717) is 13.1 Å². The molecule has 0 saturated heterocycles. The SMILES string of the molecule is CCN(CC)C(=O)C(=O)C(=O)c1ccccc1. The highest BCUT2D eigenvalue weighted by atomic mass is 16.2. The van der Waals surface area contributed by atoms with Crippen molar-refractivity contribution >= 4 is 17.5 Å². The van der Waals surface area contributed by atoms with Gasteiger partial charge in [-0.15, -0.1) is 0 Å². The summed E-state index contributed by atoms with van der Waals surface area (Å²) in [6.45, 7) is 4.37. The lowest BCUT2D eigenvalue weighted by Crippen LogP contribution is -2.39. The molecule has 0 spiro atoms. The number of benzene rings is 1. The minimum atomic E-state index is -0.972. The minimum absolute atomic E-state index is 0.248. The van der Waals surface area contributed by atoms with Crippen molar-refractivity contribution in [2.75, 3.05) is 13.1 Å². The number of hydrogen-bond acceptors (Lipinski definition) is 3. The molecule has 17 heavy (non-hydrogen) atoms. The zero-order valence-electron chi connectivity index (χ0n) is 9.97. The molecule has 0 radical (unpaired) electrons. The van der Waals surface area contributed by atoms with Crippen molar-refractivity contribution < 1.29 is 14.4 Å². The fraction of sp³-hybridized carbons (Fsp3) is 0.308. The van der Waals surface area contributed by atoms with Crippen LogP contribution < -0.4 is 0 Å². The van der Waals surface area contributed by atoms with Gasteiger partial charge in [0.25, 0.3) is 11.7 Å². The molecule has 0 bridgehead atoms. The molecule has 0 atom stereocenters. The summed E-state index contributed by atoms with van der Waals surface area (Å²) in [5.74, 6) is -2.45. The van der Waals surface area contributed by atoms with Gasteiger partial charge in [-0.2, -0.15) is 0 Å². The molecule has 0 aromatic heterocycles. The van der Waals surface area contributed by atoms with Crippen LogP contribution in [0, 0.1) is 0 Å². The van der Waals surface area contributed by atoms with Crippen LogP contribution in [0.15, 0.2) is 30.3 Å². The van der Waals surface area contributed by atoms with Crippen molar-refractivity contribution in [3.8, 4) is 0 Å². The van der Waals surface area contributed by atoms with Crippen LogP contribution in [0.25, 0.3) is 0 Å². The molecule has 0 N–H and O–H groups in total. The summed E-state index contributed by atoms with van der Waals surface area (Å²) >= 11 is 0. The summed E-state index contributed by atoms with van der Waals surface area (Å²) in [5.41, 5.74) is 0.248. The molecule has 0 unspecified atom stereocenters. The molecule has 1 amide bonds. The number of hydrogen-bond donors (Lipinski definition) is 0. The number of nitrogens with zero attached hydrogens (tertiary/aromatic N) is 1. The van der Waals surface area contributed by atoms with Gasteiger partial charge in [-0.3, -0.25) is 14.4 Å². The van der Waals surface area contributed by atoms with Crippen LogP contribution in [-0.2, 0) is 9.59 Å². The van der Waals surface area contributed by atoms with Gasteiger partial charge in [0.15, 0.2) is 0 Å². The number of carbonyl (C=O) groups excluding carboxylic acids is 3. The van der Waals surface area contributed by atoms with Gasteiger partial charge < -0.3 is 4.90 Å². The molecule has 0 aliphatic heterocycles. The number of rotatable bonds is 5. The van der Waals surface area contributed by atoms with Crippen molar-refractivity contribution in [1.29, 1.82) is 0 Å². The Balaban J connectivity index is 2.84. The largest absolute Gasteiger partial charge is 0.336 e. The van der Waals surface area contributed by atoms with E-state index in [0.717, 1.165) is 0 Å². The van der Waals surface area contributed by atoms with Crippen LogP contribution in [-0.4, -0.2) is 35.5 Å². The molecular formula is C13H15NO3. The van der Waals surface area contributed by atoms with Crippen LogP contribution in [0.1, 0.15) is 24.2 Å². The maximum Gasteiger partial charge on any atom is 0.298 e. The van der Waals surface area contributed by atoms with E-state index in [-0.39, 0.29) is 5.56 Å². The van der Waals surface area contributed by atoms with Crippen LogP contribution >= 0.6 is 0 Å². The fourth-order valence-corrected chi connectivity index (χ4v) is 1.47. The van der Waals surface area contributed by atoms with Gasteiger partial charge in [0.1, 0.15) is 0 Å². The normalized spacial score (nSPS) is 9.76. The Hall–Kier alpha value is -1.97. The third kappa shape index (κ3) is 3.00. The molecule has 0 fully saturated rings. The molecule has 0 heterocycles. The van der Waals surface area contributed by atoms with E-state index in [1.54, 1.807) is 32.0 Å². The van der Waals surface area contributed by atoms with Crippen LogP contribution in [0.2, 0.25) is 0 Å². The van der Waals surface area contributed by atoms with Crippen molar-refractivity contribution in [3.05, 3.63) is 35.9 Å². The number of likely N-dealkylation sites (N-methyl/N-ethyl adjacent to an activating group) is 1. The van der Waals surface area contributed by atoms with E-state index in [1.807, 2.05) is 0 Å². The van der Waals surface area contributed by atoms with E-state index >= 15 is 0 Å². The second-order valence-electron chi connectivity index (χ2n) is 3.50. The predicted octanol–water partition coefficient (Wildman–Crippen LogP) is 1.31. The predicted molar refractivity (Wildman–Crippen MR) is 63.7 cm³/mol. The van der Waals surface area contributed by atoms with Gasteiger partial charge in [-0.1, -0.05) is 30.3 Å². The molecule has 90 valence electrons. The van der Waals surface area contributed by atoms with E-state index in [9.17, 15) is 14.4 Å². The van der Waals surface area contributed by atoms with Gasteiger partial charge in [-0.05, 0) is 13.8 Å². The van der Waals surface area contributed by atoms with E-state index in [1.165, 1.54) is 17.0 Å². The summed E-state index contributed by atoms with van der Waals surface area (Å²) in [6, 6.07) is 8.10. The monoisotopic (exact) mass is 233 g/mol. The highest BCUT2D eigenvalue weighted by Crippen LogP contribution is 2.02. The van der Waals surface area contributed by atoms with Crippen molar-refractivity contribution in [3.63, 3.8) is 0 Å². The summed E-state index contributed by atoms with van der Waals surface area (Å²) in [5, 5.41) is 0. The first-order chi connectivity index (χ1) is 8.11. The van der Waals surface area contributed by atoms with E-state index < -0.39 is 17.5 Å². The molecule has 4 nitrogen and oxygen atoms in total. The third-order valence-electron chi connectivity index (χ3n) is 2.49. The Kier molecular flexibility index (Phi) is 4.57. The number of ketones is 2. The molecule has 0 saturated carbocycles. The van der Waals surface area contributed by atoms with Crippen LogP contribution in [0.5, 0.6) is 0 Å². The maximum atomic E-state index is 11.7. The average Bonchev–Trinajstić information content (AvgIpc) is 2.39. The first-order valence-corrected chi connectivity index (χ1v) is 5.54. The topological polar surface area (TPSA) is 54.5 Å². The minimum Gasteiger partial charge on any atom is -0.336 e. The highest BCUT2D eigenvalue weighted by Gasteiger charge is 2.27. The Morgan fingerprint density at radius 1 is 1.00 bits per heavy atom. The molecule has 1 aromatic carbocycles. The Labute approximate surface area is 100 Å². The summed E-state index contributed by atoms with van der Waals surface area (Å²) < 4.78 is 0. The number of carbonyl (C=O) groups is 3. The maximum absolute atomic E-state index is 11.7. The molecule has 1 rings (SSSR count). The van der Waals surface area contributed by atoms with Crippen LogP contribution in [0.4, 0.5) is 0 Å². The first kappa shape index (κ1) is 13.1. The highest BCUT2D eigenvalue weighted by molar-refractivity contribution is 6.66. The third-order valence-corrected chi connectivity index (χ3v) is 2.49. The number of amides is 1. The Morgan fingerprint density at radius 2 is 1.53 bits per heavy atom. The summed E-state index contributed by atoms with van der Waals surface area (Å²) in [6.07, 6.45) is 0. The van der Waals surface area contributed by atoms with Crippen molar-refractivity contribution in [2.45, 2.75) is 13.8 Å². The van der Waals surface area contributed by atoms with Gasteiger partial charge in [0.2, 0.25) is 5.78 Å². The lowest BCUT2D eigenvalue weighted by atomic mass is 10.1. The van der Waals surface area contributed by atoms with Gasteiger partial charge >= 0.3 is 0 Å². The molecule has 0 aliphatic carbocycles. The molecule has 1 aromatic rings. The smallest absolute Gasteiger partial charge is 0.298 e. The molecule has 4 heteroatoms. The Bertz CT molecular complexity index is 422. The van der Waals surface area contributed by atoms with Gasteiger partial charge in [0.05, 0.1) is 0 Å². The fourth-order valence-electron chi connectivity index (χ4n) is 1.47. The number of Topliss-reactive ketones (excluding diaryl/α,β-unsaturated/α-hetero) is 2. The standard InChI is InChI=1S/C13H15NO3/c1-3-14(4-2)13(17)12(16)11(15)10-8-6-5-7-9-10/h5-9H,3-4H2,1-2H3. The second-order valence-corrected chi connectivity index (χ2v) is 3.50. The quantitative estimate of drug-likeness (QED) is 0.437. The lowest BCUT2D eigenvalue weighted by molar-refractivity contribution is -0.142. The van der Waals surface area contributed by atoms with E-state index in [2.05, 4.69) is 0 Å². The second kappa shape index (κ2) is 5.94. The van der Waals surface area contributed by atoms with E-state index in [4.69, 9.17) is 0 Å². The van der Waals surface area contributed by atoms with Gasteiger partial charge in [0, 0.05) is 18.7 Å². The summed E-state index contributed by atoms with van der Waals surface area (Å²) in [7, 11) is 0. The van der Waals surface area contributed by atoms with Gasteiger partial charge in [-0.25, -0.2) is 0 Å². The molecule has 0 aliphatic rings. The zero-order chi connectivity index (χ0) is 12.8. The average molecular weight is 233 g/mol. The summed E-state index contributed by atoms with van der Waals surface area (Å²) in [4.78, 5) is 36.4. The first-order valence-electron chi connectivity index (χ1n) is 5.54. The van der Waals surface area contributed by atoms with Crippen molar-refractivity contribution in [1.82, 2.24) is 4.90 Å². The van der Waals surface area contributed by atoms with Crippen LogP contribution in [0.3, 0.4) is 0 Å². The Morgan fingerprint density at radius 3 is 2.00 bits per heavy atom. The zero-order valence-corrected chi connectivity index (χ0v) is 9.97. The molecular weight excluding hydrogens is 218 g/mol. The van der Waals surface area contributed by atoms with Crippen molar-refractivity contribution in [2.24, 2.45) is 0 Å². The lowest BCUT2D eigenvalue weighted by Gasteiger charge is -2.16.